The van der Waals surface area contributed by atoms with Crippen molar-refractivity contribution in [1.82, 2.24) is 9.88 Å². The fraction of sp³-hybridized carbons (Fsp3) is 0.500. The summed E-state index contributed by atoms with van der Waals surface area (Å²) in [5.41, 5.74) is 3.59. The average molecular weight is 368 g/mol. The van der Waals surface area contributed by atoms with Crippen molar-refractivity contribution in [2.75, 3.05) is 26.8 Å². The van der Waals surface area contributed by atoms with Gasteiger partial charge in [-0.3, -0.25) is 9.88 Å². The molecule has 2 aliphatic heterocycles. The first-order valence-electron chi connectivity index (χ1n) is 9.67. The molecule has 0 saturated carbocycles. The molecule has 2 aromatic rings. The van der Waals surface area contributed by atoms with Crippen LogP contribution in [0.4, 0.5) is 0 Å². The van der Waals surface area contributed by atoms with E-state index in [1.807, 2.05) is 30.6 Å². The molecular formula is C22H28N2O3. The second kappa shape index (κ2) is 7.97. The molecule has 0 unspecified atom stereocenters. The van der Waals surface area contributed by atoms with Gasteiger partial charge in [0, 0.05) is 50.6 Å². The van der Waals surface area contributed by atoms with Gasteiger partial charge >= 0.3 is 0 Å². The van der Waals surface area contributed by atoms with E-state index in [1.54, 1.807) is 7.11 Å². The van der Waals surface area contributed by atoms with E-state index in [0.29, 0.717) is 6.61 Å². The number of hydrogen-bond acceptors (Lipinski definition) is 5. The van der Waals surface area contributed by atoms with Crippen LogP contribution in [0.15, 0.2) is 42.7 Å². The van der Waals surface area contributed by atoms with Crippen molar-refractivity contribution in [3.05, 3.63) is 59.4 Å². The van der Waals surface area contributed by atoms with Crippen LogP contribution in [0.25, 0.3) is 0 Å². The molecular weight excluding hydrogens is 340 g/mol. The molecule has 2 saturated heterocycles. The van der Waals surface area contributed by atoms with Gasteiger partial charge in [-0.15, -0.1) is 0 Å². The van der Waals surface area contributed by atoms with Gasteiger partial charge in [-0.1, -0.05) is 18.2 Å². The molecule has 2 aliphatic rings. The summed E-state index contributed by atoms with van der Waals surface area (Å²) in [5, 5.41) is 0. The van der Waals surface area contributed by atoms with Crippen LogP contribution >= 0.6 is 0 Å². The van der Waals surface area contributed by atoms with E-state index in [0.717, 1.165) is 44.8 Å². The molecule has 0 aliphatic carbocycles. The fourth-order valence-electron chi connectivity index (χ4n) is 4.16. The smallest absolute Gasteiger partial charge is 0.123 e. The minimum absolute atomic E-state index is 0.0467. The van der Waals surface area contributed by atoms with Crippen LogP contribution in [0.2, 0.25) is 0 Å². The van der Waals surface area contributed by atoms with Crippen molar-refractivity contribution in [2.45, 2.75) is 44.6 Å². The van der Waals surface area contributed by atoms with Crippen LogP contribution in [0.1, 0.15) is 29.5 Å². The highest BCUT2D eigenvalue weighted by molar-refractivity contribution is 5.33. The molecule has 1 spiro atoms. The Hall–Kier alpha value is -1.95. The first-order valence-corrected chi connectivity index (χ1v) is 9.67. The molecule has 3 heterocycles. The van der Waals surface area contributed by atoms with E-state index < -0.39 is 0 Å². The number of benzene rings is 1. The number of methoxy groups -OCH3 is 1. The summed E-state index contributed by atoms with van der Waals surface area (Å²) in [4.78, 5) is 6.63. The van der Waals surface area contributed by atoms with Crippen LogP contribution in [-0.4, -0.2) is 48.4 Å². The first-order chi connectivity index (χ1) is 13.2. The maximum absolute atomic E-state index is 6.21. The Morgan fingerprint density at radius 2 is 2.07 bits per heavy atom. The third kappa shape index (κ3) is 4.15. The molecule has 1 aromatic heterocycles. The van der Waals surface area contributed by atoms with Gasteiger partial charge in [0.2, 0.25) is 0 Å². The lowest BCUT2D eigenvalue weighted by Crippen LogP contribution is -2.65. The Morgan fingerprint density at radius 1 is 1.22 bits per heavy atom. The molecule has 27 heavy (non-hydrogen) atoms. The second-order valence-corrected chi connectivity index (χ2v) is 7.72. The lowest BCUT2D eigenvalue weighted by molar-refractivity contribution is -0.200. The molecule has 0 N–H and O–H groups in total. The molecule has 0 radical (unpaired) electrons. The summed E-state index contributed by atoms with van der Waals surface area (Å²) in [5.74, 6) is 0.955. The molecule has 5 nitrogen and oxygen atoms in total. The Balaban J connectivity index is 1.30. The fourth-order valence-corrected chi connectivity index (χ4v) is 4.16. The van der Waals surface area contributed by atoms with Crippen molar-refractivity contribution < 1.29 is 14.2 Å². The van der Waals surface area contributed by atoms with Crippen LogP contribution in [0.5, 0.6) is 5.75 Å². The SMILES string of the molecule is COc1ccccc1CN1CC2(C[C@@H](OCc3cnccc3C)CCO2)C1. The van der Waals surface area contributed by atoms with E-state index in [9.17, 15) is 0 Å². The van der Waals surface area contributed by atoms with E-state index in [4.69, 9.17) is 14.2 Å². The third-order valence-corrected chi connectivity index (χ3v) is 5.68. The number of para-hydroxylation sites is 1. The highest BCUT2D eigenvalue weighted by atomic mass is 16.5. The summed E-state index contributed by atoms with van der Waals surface area (Å²) < 4.78 is 17.8. The van der Waals surface area contributed by atoms with E-state index in [2.05, 4.69) is 28.9 Å². The maximum atomic E-state index is 6.21. The monoisotopic (exact) mass is 368 g/mol. The normalized spacial score (nSPS) is 21.8. The number of pyridine rings is 1. The van der Waals surface area contributed by atoms with E-state index in [-0.39, 0.29) is 11.7 Å². The van der Waals surface area contributed by atoms with Crippen LogP contribution < -0.4 is 4.74 Å². The molecule has 0 amide bonds. The quantitative estimate of drug-likeness (QED) is 0.782. The Bertz CT molecular complexity index is 774. The van der Waals surface area contributed by atoms with Gasteiger partial charge in [0.15, 0.2) is 0 Å². The zero-order valence-corrected chi connectivity index (χ0v) is 16.2. The number of likely N-dealkylation sites (tertiary alicyclic amines) is 1. The number of rotatable bonds is 6. The summed E-state index contributed by atoms with van der Waals surface area (Å²) in [6, 6.07) is 10.3. The third-order valence-electron chi connectivity index (χ3n) is 5.68. The molecule has 2 fully saturated rings. The zero-order valence-electron chi connectivity index (χ0n) is 16.2. The lowest BCUT2D eigenvalue weighted by atomic mass is 9.84. The average Bonchev–Trinajstić information content (AvgIpc) is 2.67. The van der Waals surface area contributed by atoms with Gasteiger partial charge in [-0.05, 0) is 36.6 Å². The second-order valence-electron chi connectivity index (χ2n) is 7.72. The molecule has 1 aromatic carbocycles. The number of aryl methyl sites for hydroxylation is 1. The predicted molar refractivity (Wildman–Crippen MR) is 104 cm³/mol. The van der Waals surface area contributed by atoms with Gasteiger partial charge in [0.1, 0.15) is 5.75 Å². The largest absolute Gasteiger partial charge is 0.496 e. The Kier molecular flexibility index (Phi) is 5.43. The predicted octanol–water partition coefficient (Wildman–Crippen LogP) is 3.35. The van der Waals surface area contributed by atoms with E-state index in [1.165, 1.54) is 16.7 Å². The van der Waals surface area contributed by atoms with E-state index >= 15 is 0 Å². The van der Waals surface area contributed by atoms with Crippen LogP contribution in [0, 0.1) is 6.92 Å². The van der Waals surface area contributed by atoms with Gasteiger partial charge in [-0.2, -0.15) is 0 Å². The highest BCUT2D eigenvalue weighted by Gasteiger charge is 2.47. The van der Waals surface area contributed by atoms with Crippen LogP contribution in [-0.2, 0) is 22.6 Å². The summed E-state index contributed by atoms with van der Waals surface area (Å²) in [6.07, 6.45) is 5.92. The zero-order chi connectivity index (χ0) is 18.7. The Labute approximate surface area is 161 Å². The molecule has 1 atom stereocenters. The molecule has 0 bridgehead atoms. The molecule has 144 valence electrons. The number of aromatic nitrogens is 1. The molecule has 4 rings (SSSR count). The number of ether oxygens (including phenoxy) is 3. The van der Waals surface area contributed by atoms with Gasteiger partial charge < -0.3 is 14.2 Å². The van der Waals surface area contributed by atoms with Crippen molar-refractivity contribution in [3.8, 4) is 5.75 Å². The first kappa shape index (κ1) is 18.4. The minimum atomic E-state index is -0.0467. The summed E-state index contributed by atoms with van der Waals surface area (Å²) in [6.45, 7) is 6.32. The topological polar surface area (TPSA) is 43.8 Å². The van der Waals surface area contributed by atoms with Crippen molar-refractivity contribution >= 4 is 0 Å². The minimum Gasteiger partial charge on any atom is -0.496 e. The van der Waals surface area contributed by atoms with Crippen molar-refractivity contribution in [1.29, 1.82) is 0 Å². The van der Waals surface area contributed by atoms with Crippen molar-refractivity contribution in [2.24, 2.45) is 0 Å². The van der Waals surface area contributed by atoms with Gasteiger partial charge in [-0.25, -0.2) is 0 Å². The number of hydrogen-bond donors (Lipinski definition) is 0. The van der Waals surface area contributed by atoms with Gasteiger partial charge in [0.25, 0.3) is 0 Å². The number of nitrogens with zero attached hydrogens (tertiary/aromatic N) is 2. The van der Waals surface area contributed by atoms with Crippen LogP contribution in [0.3, 0.4) is 0 Å². The standard InChI is InChI=1S/C22H28N2O3/c1-17-7-9-23-12-19(17)14-26-20-8-10-27-22(11-20)15-24(16-22)13-18-5-3-4-6-21(18)25-2/h3-7,9,12,20H,8,10-11,13-16H2,1-2H3/t20-/m0/s1. The molecule has 5 heteroatoms. The Morgan fingerprint density at radius 3 is 2.89 bits per heavy atom. The van der Waals surface area contributed by atoms with Gasteiger partial charge in [0.05, 0.1) is 25.4 Å². The lowest BCUT2D eigenvalue weighted by Gasteiger charge is -2.53. The summed E-state index contributed by atoms with van der Waals surface area (Å²) in [7, 11) is 1.73. The summed E-state index contributed by atoms with van der Waals surface area (Å²) >= 11 is 0. The van der Waals surface area contributed by atoms with Crippen molar-refractivity contribution in [3.63, 3.8) is 0 Å². The highest BCUT2D eigenvalue weighted by Crippen LogP contribution is 2.37. The maximum Gasteiger partial charge on any atom is 0.123 e.